The summed E-state index contributed by atoms with van der Waals surface area (Å²) in [5.74, 6) is -0.514. The van der Waals surface area contributed by atoms with Crippen LogP contribution in [-0.4, -0.2) is 36.0 Å². The summed E-state index contributed by atoms with van der Waals surface area (Å²) in [6.45, 7) is 5.37. The van der Waals surface area contributed by atoms with Crippen molar-refractivity contribution < 1.29 is 9.18 Å². The van der Waals surface area contributed by atoms with Gasteiger partial charge in [-0.25, -0.2) is 4.39 Å². The number of hydrogen-bond donors (Lipinski definition) is 1. The number of halogens is 2. The molecule has 1 heterocycles. The fraction of sp³-hybridized carbons (Fsp3) is 0.462. The molecule has 1 aromatic rings. The number of carbonyl (C=O) groups excluding carboxylic acids is 1. The summed E-state index contributed by atoms with van der Waals surface area (Å²) in [4.78, 5) is 14.1. The molecule has 2 atom stereocenters. The predicted octanol–water partition coefficient (Wildman–Crippen LogP) is 2.41. The van der Waals surface area contributed by atoms with Gasteiger partial charge >= 0.3 is 0 Å². The van der Waals surface area contributed by atoms with Gasteiger partial charge in [-0.15, -0.1) is 0 Å². The fourth-order valence-corrected chi connectivity index (χ4v) is 2.74. The predicted molar refractivity (Wildman–Crippen MR) is 72.1 cm³/mol. The van der Waals surface area contributed by atoms with E-state index in [0.29, 0.717) is 23.1 Å². The molecule has 5 heteroatoms. The summed E-state index contributed by atoms with van der Waals surface area (Å²) in [7, 11) is 0. The number of piperazine rings is 1. The Morgan fingerprint density at radius 1 is 1.39 bits per heavy atom. The van der Waals surface area contributed by atoms with E-state index >= 15 is 0 Å². The quantitative estimate of drug-likeness (QED) is 0.863. The average molecular weight is 315 g/mol. The lowest BCUT2D eigenvalue weighted by Crippen LogP contribution is -2.55. The van der Waals surface area contributed by atoms with Crippen LogP contribution in [0.2, 0.25) is 0 Å². The Morgan fingerprint density at radius 3 is 2.61 bits per heavy atom. The molecular weight excluding hydrogens is 299 g/mol. The lowest BCUT2D eigenvalue weighted by Gasteiger charge is -2.36. The minimum absolute atomic E-state index is 0.124. The summed E-state index contributed by atoms with van der Waals surface area (Å²) < 4.78 is 13.9. The molecule has 0 saturated carbocycles. The highest BCUT2D eigenvalue weighted by Crippen LogP contribution is 2.20. The minimum Gasteiger partial charge on any atom is -0.336 e. The summed E-state index contributed by atoms with van der Waals surface area (Å²) in [6, 6.07) is 4.70. The number of hydrogen-bond acceptors (Lipinski definition) is 2. The Hall–Kier alpha value is -0.940. The standard InChI is InChI=1S/C13H16BrFN2O/c1-8-6-17(7-9(2)16-8)13(18)11-5-10(15)3-4-12(11)14/h3-5,8-9,16H,6-7H2,1-2H3. The number of amides is 1. The zero-order valence-electron chi connectivity index (χ0n) is 10.4. The highest BCUT2D eigenvalue weighted by Gasteiger charge is 2.26. The monoisotopic (exact) mass is 314 g/mol. The van der Waals surface area contributed by atoms with Gasteiger partial charge in [-0.2, -0.15) is 0 Å². The van der Waals surface area contributed by atoms with Gasteiger partial charge in [0.05, 0.1) is 5.56 Å². The SMILES string of the molecule is CC1CN(C(=O)c2cc(F)ccc2Br)CC(C)N1. The molecule has 98 valence electrons. The number of rotatable bonds is 1. The van der Waals surface area contributed by atoms with Gasteiger partial charge in [0.15, 0.2) is 0 Å². The van der Waals surface area contributed by atoms with Gasteiger partial charge in [0, 0.05) is 29.6 Å². The second kappa shape index (κ2) is 5.36. The zero-order chi connectivity index (χ0) is 13.3. The van der Waals surface area contributed by atoms with Crippen LogP contribution in [0.1, 0.15) is 24.2 Å². The molecule has 3 nitrogen and oxygen atoms in total. The van der Waals surface area contributed by atoms with Crippen molar-refractivity contribution in [3.8, 4) is 0 Å². The molecule has 0 aliphatic carbocycles. The molecule has 1 fully saturated rings. The average Bonchev–Trinajstić information content (AvgIpc) is 2.30. The molecule has 0 radical (unpaired) electrons. The van der Waals surface area contributed by atoms with E-state index in [1.165, 1.54) is 12.1 Å². The lowest BCUT2D eigenvalue weighted by atomic mass is 10.1. The molecule has 1 aromatic carbocycles. The van der Waals surface area contributed by atoms with E-state index in [2.05, 4.69) is 21.2 Å². The van der Waals surface area contributed by atoms with Gasteiger partial charge in [-0.3, -0.25) is 4.79 Å². The van der Waals surface area contributed by atoms with E-state index in [4.69, 9.17) is 0 Å². The summed E-state index contributed by atoms with van der Waals surface area (Å²) >= 11 is 3.30. The van der Waals surface area contributed by atoms with Gasteiger partial charge in [0.2, 0.25) is 0 Å². The normalized spacial score (nSPS) is 24.1. The van der Waals surface area contributed by atoms with Crippen molar-refractivity contribution in [2.45, 2.75) is 25.9 Å². The maximum absolute atomic E-state index is 13.2. The van der Waals surface area contributed by atoms with Crippen LogP contribution in [0.25, 0.3) is 0 Å². The van der Waals surface area contributed by atoms with Crippen LogP contribution < -0.4 is 5.32 Å². The third-order valence-electron chi connectivity index (χ3n) is 3.00. The van der Waals surface area contributed by atoms with Crippen LogP contribution in [0.3, 0.4) is 0 Å². The Kier molecular flexibility index (Phi) is 4.02. The number of benzene rings is 1. The van der Waals surface area contributed by atoms with Gasteiger partial charge < -0.3 is 10.2 Å². The van der Waals surface area contributed by atoms with Gasteiger partial charge in [0.1, 0.15) is 5.82 Å². The van der Waals surface area contributed by atoms with Crippen molar-refractivity contribution in [3.05, 3.63) is 34.1 Å². The number of nitrogens with zero attached hydrogens (tertiary/aromatic N) is 1. The van der Waals surface area contributed by atoms with E-state index in [1.807, 2.05) is 13.8 Å². The van der Waals surface area contributed by atoms with Crippen molar-refractivity contribution in [3.63, 3.8) is 0 Å². The van der Waals surface area contributed by atoms with Crippen molar-refractivity contribution in [1.82, 2.24) is 10.2 Å². The zero-order valence-corrected chi connectivity index (χ0v) is 12.0. The van der Waals surface area contributed by atoms with Crippen molar-refractivity contribution in [2.24, 2.45) is 0 Å². The van der Waals surface area contributed by atoms with Gasteiger partial charge in [-0.05, 0) is 48.0 Å². The van der Waals surface area contributed by atoms with E-state index in [9.17, 15) is 9.18 Å². The van der Waals surface area contributed by atoms with E-state index in [-0.39, 0.29) is 18.0 Å². The summed E-state index contributed by atoms with van der Waals surface area (Å²) in [5, 5.41) is 3.36. The maximum Gasteiger partial charge on any atom is 0.255 e. The van der Waals surface area contributed by atoms with Crippen molar-refractivity contribution in [1.29, 1.82) is 0 Å². The van der Waals surface area contributed by atoms with Crippen LogP contribution >= 0.6 is 15.9 Å². The lowest BCUT2D eigenvalue weighted by molar-refractivity contribution is 0.0672. The maximum atomic E-state index is 13.2. The first-order valence-corrected chi connectivity index (χ1v) is 6.77. The molecular formula is C13H16BrFN2O. The van der Waals surface area contributed by atoms with Crippen LogP contribution in [0, 0.1) is 5.82 Å². The molecule has 1 amide bonds. The second-order valence-corrected chi connectivity index (χ2v) is 5.66. The molecule has 0 bridgehead atoms. The fourth-order valence-electron chi connectivity index (χ4n) is 2.32. The van der Waals surface area contributed by atoms with Crippen molar-refractivity contribution in [2.75, 3.05) is 13.1 Å². The smallest absolute Gasteiger partial charge is 0.255 e. The molecule has 1 aliphatic heterocycles. The van der Waals surface area contributed by atoms with Crippen LogP contribution in [0.4, 0.5) is 4.39 Å². The first kappa shape index (κ1) is 13.5. The molecule has 2 unspecified atom stereocenters. The Morgan fingerprint density at radius 2 is 2.00 bits per heavy atom. The Bertz CT molecular complexity index is 456. The molecule has 1 N–H and O–H groups in total. The summed E-state index contributed by atoms with van der Waals surface area (Å²) in [6.07, 6.45) is 0. The van der Waals surface area contributed by atoms with E-state index in [0.717, 1.165) is 0 Å². The van der Waals surface area contributed by atoms with E-state index in [1.54, 1.807) is 11.0 Å². The third-order valence-corrected chi connectivity index (χ3v) is 3.70. The topological polar surface area (TPSA) is 32.3 Å². The Labute approximate surface area is 114 Å². The number of nitrogens with one attached hydrogen (secondary N) is 1. The molecule has 2 rings (SSSR count). The van der Waals surface area contributed by atoms with Crippen LogP contribution in [0.15, 0.2) is 22.7 Å². The second-order valence-electron chi connectivity index (χ2n) is 4.80. The first-order valence-electron chi connectivity index (χ1n) is 5.97. The van der Waals surface area contributed by atoms with Crippen molar-refractivity contribution >= 4 is 21.8 Å². The number of carbonyl (C=O) groups is 1. The van der Waals surface area contributed by atoms with Crippen LogP contribution in [0.5, 0.6) is 0 Å². The van der Waals surface area contributed by atoms with Crippen LogP contribution in [-0.2, 0) is 0 Å². The highest BCUT2D eigenvalue weighted by molar-refractivity contribution is 9.10. The highest BCUT2D eigenvalue weighted by atomic mass is 79.9. The molecule has 0 aromatic heterocycles. The summed E-state index contributed by atoms with van der Waals surface area (Å²) in [5.41, 5.74) is 0.385. The Balaban J connectivity index is 2.22. The first-order chi connectivity index (χ1) is 8.47. The molecule has 1 aliphatic rings. The van der Waals surface area contributed by atoms with Gasteiger partial charge in [0.25, 0.3) is 5.91 Å². The van der Waals surface area contributed by atoms with E-state index < -0.39 is 5.82 Å². The third kappa shape index (κ3) is 2.90. The molecule has 18 heavy (non-hydrogen) atoms. The van der Waals surface area contributed by atoms with Gasteiger partial charge in [-0.1, -0.05) is 0 Å². The molecule has 0 spiro atoms. The molecule has 1 saturated heterocycles. The largest absolute Gasteiger partial charge is 0.336 e. The minimum atomic E-state index is -0.391.